The minimum Gasteiger partial charge on any atom is -0.290 e. The summed E-state index contributed by atoms with van der Waals surface area (Å²) in [6.07, 6.45) is 1.34. The lowest BCUT2D eigenvalue weighted by Crippen LogP contribution is -2.12. The number of carbonyl (C=O) groups excluding carboxylic acids is 1. The molecule has 0 aliphatic carbocycles. The number of nitrogens with zero attached hydrogens (tertiary/aromatic N) is 3. The van der Waals surface area contributed by atoms with Gasteiger partial charge in [0, 0.05) is 0 Å². The Morgan fingerprint density at radius 1 is 1.47 bits per heavy atom. The maximum absolute atomic E-state index is 12.1. The maximum Gasteiger partial charge on any atom is 0.270 e. The summed E-state index contributed by atoms with van der Waals surface area (Å²) in [6, 6.07) is 3.95. The molecule has 96 valence electrons. The van der Waals surface area contributed by atoms with Gasteiger partial charge in [-0.1, -0.05) is 6.07 Å². The average molecular weight is 291 g/mol. The quantitative estimate of drug-likeness (QED) is 0.776. The molecule has 3 aromatic heterocycles. The third kappa shape index (κ3) is 2.40. The van der Waals surface area contributed by atoms with Gasteiger partial charge in [-0.3, -0.25) is 10.1 Å². The molecule has 1 amide bonds. The minimum atomic E-state index is -0.227. The van der Waals surface area contributed by atoms with E-state index in [0.717, 1.165) is 9.88 Å². The van der Waals surface area contributed by atoms with Crippen molar-refractivity contribution >= 4 is 34.5 Å². The van der Waals surface area contributed by atoms with E-state index in [0.29, 0.717) is 16.5 Å². The molecule has 0 saturated heterocycles. The SMILES string of the molecule is Cc1nc(-c2cccs2)sc1C(=O)Nc1ncn[nH]1. The fraction of sp³-hybridized carbons (Fsp3) is 0.0909. The molecule has 3 rings (SSSR count). The number of aromatic nitrogens is 4. The summed E-state index contributed by atoms with van der Waals surface area (Å²) >= 11 is 2.98. The first kappa shape index (κ1) is 12.0. The fourth-order valence-corrected chi connectivity index (χ4v) is 3.30. The van der Waals surface area contributed by atoms with E-state index >= 15 is 0 Å². The van der Waals surface area contributed by atoms with Crippen molar-refractivity contribution in [3.05, 3.63) is 34.4 Å². The van der Waals surface area contributed by atoms with Crippen molar-refractivity contribution in [2.75, 3.05) is 5.32 Å². The molecule has 0 radical (unpaired) electrons. The first-order chi connectivity index (χ1) is 9.24. The summed E-state index contributed by atoms with van der Waals surface area (Å²) in [4.78, 5) is 22.0. The number of thiophene rings is 1. The van der Waals surface area contributed by atoms with E-state index in [4.69, 9.17) is 0 Å². The molecule has 0 fully saturated rings. The standard InChI is InChI=1S/C11H9N5OS2/c1-6-8(9(17)15-11-12-5-13-16-11)19-10(14-6)7-3-2-4-18-7/h2-5H,1H3,(H2,12,13,15,16,17). The van der Waals surface area contributed by atoms with Crippen LogP contribution in [0.25, 0.3) is 9.88 Å². The number of anilines is 1. The van der Waals surface area contributed by atoms with Crippen molar-refractivity contribution in [3.63, 3.8) is 0 Å². The highest BCUT2D eigenvalue weighted by Crippen LogP contribution is 2.31. The first-order valence-corrected chi connectivity index (χ1v) is 7.11. The van der Waals surface area contributed by atoms with Gasteiger partial charge in [0.15, 0.2) is 0 Å². The number of rotatable bonds is 3. The molecule has 0 spiro atoms. The van der Waals surface area contributed by atoms with Crippen molar-refractivity contribution in [2.45, 2.75) is 6.92 Å². The molecule has 2 N–H and O–H groups in total. The summed E-state index contributed by atoms with van der Waals surface area (Å²) in [5.41, 5.74) is 0.713. The second kappa shape index (κ2) is 4.90. The highest BCUT2D eigenvalue weighted by atomic mass is 32.1. The second-order valence-corrected chi connectivity index (χ2v) is 5.65. The van der Waals surface area contributed by atoms with Crippen LogP contribution in [0.15, 0.2) is 23.8 Å². The van der Waals surface area contributed by atoms with Gasteiger partial charge < -0.3 is 0 Å². The van der Waals surface area contributed by atoms with Crippen LogP contribution in [-0.4, -0.2) is 26.1 Å². The number of carbonyl (C=O) groups is 1. The van der Waals surface area contributed by atoms with Gasteiger partial charge in [-0.25, -0.2) is 10.1 Å². The fourth-order valence-electron chi connectivity index (χ4n) is 1.54. The largest absolute Gasteiger partial charge is 0.290 e. The van der Waals surface area contributed by atoms with Gasteiger partial charge in [-0.15, -0.1) is 22.7 Å². The Hall–Kier alpha value is -2.06. The summed E-state index contributed by atoms with van der Waals surface area (Å²) in [7, 11) is 0. The van der Waals surface area contributed by atoms with Crippen LogP contribution in [0.1, 0.15) is 15.4 Å². The van der Waals surface area contributed by atoms with Crippen molar-refractivity contribution in [2.24, 2.45) is 0 Å². The van der Waals surface area contributed by atoms with Gasteiger partial charge in [-0.05, 0) is 18.4 Å². The van der Waals surface area contributed by atoms with Crippen LogP contribution in [0.3, 0.4) is 0 Å². The smallest absolute Gasteiger partial charge is 0.270 e. The first-order valence-electron chi connectivity index (χ1n) is 5.42. The normalized spacial score (nSPS) is 10.6. The number of amides is 1. The minimum absolute atomic E-state index is 0.227. The average Bonchev–Trinajstić information content (AvgIpc) is 3.07. The molecule has 19 heavy (non-hydrogen) atoms. The highest BCUT2D eigenvalue weighted by molar-refractivity contribution is 7.22. The zero-order valence-electron chi connectivity index (χ0n) is 9.88. The van der Waals surface area contributed by atoms with E-state index in [1.165, 1.54) is 17.7 Å². The van der Waals surface area contributed by atoms with Crippen LogP contribution in [0, 0.1) is 6.92 Å². The second-order valence-electron chi connectivity index (χ2n) is 3.70. The van der Waals surface area contributed by atoms with Gasteiger partial charge in [-0.2, -0.15) is 10.1 Å². The zero-order chi connectivity index (χ0) is 13.2. The van der Waals surface area contributed by atoms with Crippen LogP contribution < -0.4 is 5.32 Å². The van der Waals surface area contributed by atoms with E-state index in [-0.39, 0.29) is 5.91 Å². The molecule has 0 atom stereocenters. The lowest BCUT2D eigenvalue weighted by Gasteiger charge is -1.98. The topological polar surface area (TPSA) is 83.6 Å². The van der Waals surface area contributed by atoms with E-state index < -0.39 is 0 Å². The van der Waals surface area contributed by atoms with E-state index in [2.05, 4.69) is 25.5 Å². The lowest BCUT2D eigenvalue weighted by atomic mass is 10.4. The molecule has 0 bridgehead atoms. The Bertz CT molecular complexity index is 687. The number of aryl methyl sites for hydroxylation is 1. The highest BCUT2D eigenvalue weighted by Gasteiger charge is 2.17. The van der Waals surface area contributed by atoms with Crippen molar-refractivity contribution < 1.29 is 4.79 Å². The van der Waals surface area contributed by atoms with E-state index in [9.17, 15) is 4.79 Å². The number of hydrogen-bond donors (Lipinski definition) is 2. The van der Waals surface area contributed by atoms with Crippen LogP contribution in [0.5, 0.6) is 0 Å². The summed E-state index contributed by atoms with van der Waals surface area (Å²) in [6.45, 7) is 1.82. The Morgan fingerprint density at radius 3 is 3.05 bits per heavy atom. The van der Waals surface area contributed by atoms with Gasteiger partial charge >= 0.3 is 0 Å². The lowest BCUT2D eigenvalue weighted by molar-refractivity contribution is 0.102. The van der Waals surface area contributed by atoms with Crippen LogP contribution in [0.2, 0.25) is 0 Å². The van der Waals surface area contributed by atoms with Crippen LogP contribution in [0.4, 0.5) is 5.95 Å². The molecular formula is C11H9N5OS2. The van der Waals surface area contributed by atoms with Gasteiger partial charge in [0.1, 0.15) is 16.2 Å². The Morgan fingerprint density at radius 2 is 2.37 bits per heavy atom. The summed E-state index contributed by atoms with van der Waals surface area (Å²) in [5.74, 6) is 0.102. The third-order valence-electron chi connectivity index (χ3n) is 2.38. The van der Waals surface area contributed by atoms with Gasteiger partial charge in [0.2, 0.25) is 5.95 Å². The number of H-pyrrole nitrogens is 1. The molecule has 0 saturated carbocycles. The van der Waals surface area contributed by atoms with E-state index in [1.807, 2.05) is 24.4 Å². The van der Waals surface area contributed by atoms with Gasteiger partial charge in [0.25, 0.3) is 5.91 Å². The Balaban J connectivity index is 1.87. The molecule has 3 aromatic rings. The van der Waals surface area contributed by atoms with Crippen LogP contribution >= 0.6 is 22.7 Å². The maximum atomic E-state index is 12.1. The molecule has 3 heterocycles. The van der Waals surface area contributed by atoms with Crippen molar-refractivity contribution in [1.29, 1.82) is 0 Å². The number of hydrogen-bond acceptors (Lipinski definition) is 6. The Kier molecular flexibility index (Phi) is 3.10. The monoisotopic (exact) mass is 291 g/mol. The summed E-state index contributed by atoms with van der Waals surface area (Å²) < 4.78 is 0. The molecular weight excluding hydrogens is 282 g/mol. The molecule has 0 aliphatic heterocycles. The molecule has 0 aliphatic rings. The van der Waals surface area contributed by atoms with Crippen molar-refractivity contribution in [1.82, 2.24) is 20.2 Å². The zero-order valence-corrected chi connectivity index (χ0v) is 11.5. The predicted octanol–water partition coefficient (Wildman–Crippen LogP) is 2.55. The Labute approximate surface area is 116 Å². The molecule has 0 unspecified atom stereocenters. The number of thiazole rings is 1. The molecule has 8 heteroatoms. The number of aromatic amines is 1. The molecule has 0 aromatic carbocycles. The third-order valence-corrected chi connectivity index (χ3v) is 4.58. The molecule has 6 nitrogen and oxygen atoms in total. The van der Waals surface area contributed by atoms with Gasteiger partial charge in [0.05, 0.1) is 10.6 Å². The predicted molar refractivity (Wildman–Crippen MR) is 74.5 cm³/mol. The van der Waals surface area contributed by atoms with Crippen LogP contribution in [-0.2, 0) is 0 Å². The van der Waals surface area contributed by atoms with E-state index in [1.54, 1.807) is 11.3 Å². The number of nitrogens with one attached hydrogen (secondary N) is 2. The summed E-state index contributed by atoms with van der Waals surface area (Å²) in [5, 5.41) is 11.7. The van der Waals surface area contributed by atoms with Crippen molar-refractivity contribution in [3.8, 4) is 9.88 Å².